The Morgan fingerprint density at radius 1 is 1.29 bits per heavy atom. The number of nitrogens with zero attached hydrogens (tertiary/aromatic N) is 3. The van der Waals surface area contributed by atoms with Crippen LogP contribution < -0.4 is 5.32 Å². The van der Waals surface area contributed by atoms with Crippen molar-refractivity contribution in [1.29, 1.82) is 0 Å². The summed E-state index contributed by atoms with van der Waals surface area (Å²) in [6.45, 7) is 0.796. The van der Waals surface area contributed by atoms with Crippen LogP contribution in [0.25, 0.3) is 5.65 Å². The summed E-state index contributed by atoms with van der Waals surface area (Å²) in [7, 11) is 0. The van der Waals surface area contributed by atoms with Gasteiger partial charge < -0.3 is 14.8 Å². The summed E-state index contributed by atoms with van der Waals surface area (Å²) in [6.07, 6.45) is 9.20. The average molecular weight is 387 g/mol. The fourth-order valence-electron chi connectivity index (χ4n) is 2.98. The van der Waals surface area contributed by atoms with E-state index in [1.54, 1.807) is 6.20 Å². The van der Waals surface area contributed by atoms with Gasteiger partial charge >= 0.3 is 0 Å². The Morgan fingerprint density at radius 3 is 2.92 bits per heavy atom. The second-order valence-electron chi connectivity index (χ2n) is 6.23. The van der Waals surface area contributed by atoms with Gasteiger partial charge in [0, 0.05) is 30.9 Å². The number of nitrogens with one attached hydrogen (secondary N) is 1. The summed E-state index contributed by atoms with van der Waals surface area (Å²) in [5.41, 5.74) is 5.42. The second-order valence-corrected chi connectivity index (χ2v) is 7.04. The van der Waals surface area contributed by atoms with Crippen LogP contribution in [0.4, 0.5) is 5.69 Å². The fraction of sp³-hybridized carbons (Fsp3) is 0.333. The van der Waals surface area contributed by atoms with Crippen LogP contribution in [0.2, 0.25) is 0 Å². The Labute approximate surface area is 148 Å². The van der Waals surface area contributed by atoms with E-state index in [4.69, 9.17) is 4.98 Å². The minimum atomic E-state index is 0.148. The van der Waals surface area contributed by atoms with Crippen molar-refractivity contribution in [3.8, 4) is 0 Å². The van der Waals surface area contributed by atoms with Crippen molar-refractivity contribution < 1.29 is 5.11 Å². The van der Waals surface area contributed by atoms with Crippen LogP contribution in [0.5, 0.6) is 0 Å². The number of rotatable bonds is 6. The first kappa shape index (κ1) is 15.6. The fourth-order valence-corrected chi connectivity index (χ4v) is 3.34. The van der Waals surface area contributed by atoms with E-state index in [1.165, 1.54) is 18.4 Å². The zero-order chi connectivity index (χ0) is 16.5. The first-order valence-corrected chi connectivity index (χ1v) is 8.99. The lowest BCUT2D eigenvalue weighted by atomic mass is 10.1. The summed E-state index contributed by atoms with van der Waals surface area (Å²) in [6, 6.07) is 6.09. The average Bonchev–Trinajstić information content (AvgIpc) is 3.33. The Hall–Kier alpha value is -1.92. The molecule has 0 unspecified atom stereocenters. The molecule has 0 atom stereocenters. The third-order valence-corrected chi connectivity index (χ3v) is 4.76. The quantitative estimate of drug-likeness (QED) is 0.636. The highest BCUT2D eigenvalue weighted by molar-refractivity contribution is 9.10. The molecule has 3 aromatic heterocycles. The molecule has 0 bridgehead atoms. The number of halogens is 1. The molecule has 3 heterocycles. The van der Waals surface area contributed by atoms with E-state index < -0.39 is 0 Å². The van der Waals surface area contributed by atoms with Gasteiger partial charge in [0.15, 0.2) is 0 Å². The summed E-state index contributed by atoms with van der Waals surface area (Å²) in [5, 5.41) is 12.7. The molecule has 24 heavy (non-hydrogen) atoms. The lowest BCUT2D eigenvalue weighted by Gasteiger charge is -2.06. The first-order valence-electron chi connectivity index (χ1n) is 8.19. The number of imidazole rings is 1. The molecule has 5 nitrogen and oxygen atoms in total. The summed E-state index contributed by atoms with van der Waals surface area (Å²) in [5.74, 6) is 0.685. The molecule has 6 heteroatoms. The maximum absolute atomic E-state index is 9.35. The van der Waals surface area contributed by atoms with Crippen molar-refractivity contribution >= 4 is 27.3 Å². The molecule has 1 aliphatic rings. The van der Waals surface area contributed by atoms with Crippen LogP contribution in [0.15, 0.2) is 41.4 Å². The van der Waals surface area contributed by atoms with Gasteiger partial charge in [0.2, 0.25) is 0 Å². The summed E-state index contributed by atoms with van der Waals surface area (Å²) >= 11 is 3.38. The van der Waals surface area contributed by atoms with Crippen LogP contribution in [0.3, 0.4) is 0 Å². The standard InChI is InChI=1S/C18H19BrN4O/c19-17-8-15(3-5-20-17)21-9-16-11-23-10-14(12-1-2-12)7-13(4-6-24)18(23)22-16/h3,5,7-8,10-12,24H,1-2,4,6,9H2,(H,20,21). The van der Waals surface area contributed by atoms with Gasteiger partial charge in [-0.05, 0) is 64.4 Å². The highest BCUT2D eigenvalue weighted by Gasteiger charge is 2.25. The van der Waals surface area contributed by atoms with Gasteiger partial charge in [0.25, 0.3) is 0 Å². The maximum Gasteiger partial charge on any atom is 0.140 e. The zero-order valence-corrected chi connectivity index (χ0v) is 14.8. The number of fused-ring (bicyclic) bond motifs is 1. The molecule has 1 saturated carbocycles. The predicted octanol–water partition coefficient (Wildman–Crippen LogP) is 3.52. The van der Waals surface area contributed by atoms with E-state index in [0.717, 1.165) is 27.2 Å². The molecule has 3 aromatic rings. The van der Waals surface area contributed by atoms with Gasteiger partial charge in [0.1, 0.15) is 10.3 Å². The minimum Gasteiger partial charge on any atom is -0.396 e. The number of aliphatic hydroxyl groups is 1. The lowest BCUT2D eigenvalue weighted by Crippen LogP contribution is -2.00. The van der Waals surface area contributed by atoms with Crippen LogP contribution in [0.1, 0.15) is 35.6 Å². The molecule has 0 amide bonds. The van der Waals surface area contributed by atoms with Gasteiger partial charge in [-0.1, -0.05) is 6.07 Å². The highest BCUT2D eigenvalue weighted by Crippen LogP contribution is 2.40. The third-order valence-electron chi connectivity index (χ3n) is 4.33. The Balaban J connectivity index is 1.60. The number of aliphatic hydroxyl groups excluding tert-OH is 1. The zero-order valence-electron chi connectivity index (χ0n) is 13.2. The minimum absolute atomic E-state index is 0.148. The largest absolute Gasteiger partial charge is 0.396 e. The third kappa shape index (κ3) is 3.30. The molecule has 1 fully saturated rings. The Morgan fingerprint density at radius 2 is 2.17 bits per heavy atom. The van der Waals surface area contributed by atoms with Crippen LogP contribution >= 0.6 is 15.9 Å². The highest BCUT2D eigenvalue weighted by atomic mass is 79.9. The monoisotopic (exact) mass is 386 g/mol. The molecule has 4 rings (SSSR count). The van der Waals surface area contributed by atoms with Crippen molar-refractivity contribution in [2.45, 2.75) is 31.7 Å². The number of hydrogen-bond acceptors (Lipinski definition) is 4. The van der Waals surface area contributed by atoms with Crippen molar-refractivity contribution in [3.63, 3.8) is 0 Å². The summed E-state index contributed by atoms with van der Waals surface area (Å²) in [4.78, 5) is 8.88. The molecule has 0 spiro atoms. The molecule has 1 aliphatic carbocycles. The smallest absolute Gasteiger partial charge is 0.140 e. The molecular weight excluding hydrogens is 368 g/mol. The molecule has 124 valence electrons. The molecule has 0 aromatic carbocycles. The topological polar surface area (TPSA) is 62.5 Å². The SMILES string of the molecule is OCCc1cc(C2CC2)cn2cc(CNc3ccnc(Br)c3)nc12. The van der Waals surface area contributed by atoms with E-state index >= 15 is 0 Å². The van der Waals surface area contributed by atoms with Gasteiger partial charge in [0.05, 0.1) is 12.2 Å². The van der Waals surface area contributed by atoms with Crippen molar-refractivity contribution in [3.05, 3.63) is 58.2 Å². The van der Waals surface area contributed by atoms with E-state index in [1.807, 2.05) is 12.1 Å². The number of aromatic nitrogens is 3. The lowest BCUT2D eigenvalue weighted by molar-refractivity contribution is 0.300. The van der Waals surface area contributed by atoms with E-state index in [9.17, 15) is 5.11 Å². The molecule has 0 saturated heterocycles. The van der Waals surface area contributed by atoms with Gasteiger partial charge in [-0.2, -0.15) is 0 Å². The van der Waals surface area contributed by atoms with Crippen molar-refractivity contribution in [2.75, 3.05) is 11.9 Å². The molecule has 0 radical (unpaired) electrons. The second kappa shape index (κ2) is 6.53. The first-order chi connectivity index (χ1) is 11.7. The van der Waals surface area contributed by atoms with Gasteiger partial charge in [-0.15, -0.1) is 0 Å². The maximum atomic E-state index is 9.35. The van der Waals surface area contributed by atoms with E-state index in [2.05, 4.69) is 49.1 Å². The Bertz CT molecular complexity index is 873. The van der Waals surface area contributed by atoms with Gasteiger partial charge in [-0.3, -0.25) is 0 Å². The summed E-state index contributed by atoms with van der Waals surface area (Å²) < 4.78 is 2.92. The van der Waals surface area contributed by atoms with E-state index in [-0.39, 0.29) is 6.61 Å². The van der Waals surface area contributed by atoms with Crippen LogP contribution in [0, 0.1) is 0 Å². The van der Waals surface area contributed by atoms with Crippen molar-refractivity contribution in [1.82, 2.24) is 14.4 Å². The van der Waals surface area contributed by atoms with Crippen LogP contribution in [-0.4, -0.2) is 26.1 Å². The molecule has 0 aliphatic heterocycles. The van der Waals surface area contributed by atoms with Gasteiger partial charge in [-0.25, -0.2) is 9.97 Å². The van der Waals surface area contributed by atoms with Crippen molar-refractivity contribution in [2.24, 2.45) is 0 Å². The number of hydrogen-bond donors (Lipinski definition) is 2. The molecular formula is C18H19BrN4O. The number of pyridine rings is 2. The van der Waals surface area contributed by atoms with E-state index in [0.29, 0.717) is 18.9 Å². The normalized spacial score (nSPS) is 14.2. The predicted molar refractivity (Wildman–Crippen MR) is 97.2 cm³/mol. The van der Waals surface area contributed by atoms with Crippen LogP contribution in [-0.2, 0) is 13.0 Å². The number of anilines is 1. The Kier molecular flexibility index (Phi) is 4.24. The molecule has 2 N–H and O–H groups in total.